The number of carbonyl (C=O) groups excluding carboxylic acids is 1. The Bertz CT molecular complexity index is 1210. The van der Waals surface area contributed by atoms with Gasteiger partial charge in [-0.3, -0.25) is 9.59 Å². The van der Waals surface area contributed by atoms with Crippen LogP contribution in [0.5, 0.6) is 0 Å². The second-order valence-electron chi connectivity index (χ2n) is 7.36. The van der Waals surface area contributed by atoms with E-state index < -0.39 is 0 Å². The standard InChI is InChI=1S/C23H24ClN5O3/c1-15-5-8-29(9-6-19-14-32-22(28-19)4-7-25)23(31)20(15)11-21(30)27-13-17-10-18(24)3-2-16(17)12-26/h2-3,5,8,10,14H,4,6,9,11-13,26H2,1H3,(H,27,30). The normalized spacial score (nSPS) is 10.7. The summed E-state index contributed by atoms with van der Waals surface area (Å²) in [5.74, 6) is 0.0946. The summed E-state index contributed by atoms with van der Waals surface area (Å²) in [6.07, 6.45) is 3.74. The number of nitrogens with one attached hydrogen (secondary N) is 1. The van der Waals surface area contributed by atoms with Crippen LogP contribution in [-0.2, 0) is 43.7 Å². The fourth-order valence-corrected chi connectivity index (χ4v) is 3.52. The van der Waals surface area contributed by atoms with Crippen molar-refractivity contribution in [3.05, 3.63) is 85.9 Å². The second-order valence-corrected chi connectivity index (χ2v) is 7.80. The van der Waals surface area contributed by atoms with Crippen molar-refractivity contribution in [2.45, 2.75) is 45.8 Å². The average molecular weight is 454 g/mol. The molecule has 0 saturated carbocycles. The number of aryl methyl sites for hydroxylation is 3. The Morgan fingerprint density at radius 2 is 2.16 bits per heavy atom. The van der Waals surface area contributed by atoms with E-state index in [1.807, 2.05) is 25.1 Å². The van der Waals surface area contributed by atoms with Gasteiger partial charge in [-0.15, -0.1) is 0 Å². The number of nitriles is 1. The maximum atomic E-state index is 12.9. The molecule has 1 amide bonds. The molecule has 2 heterocycles. The van der Waals surface area contributed by atoms with Crippen LogP contribution in [0.1, 0.15) is 33.8 Å². The molecule has 0 radical (unpaired) electrons. The van der Waals surface area contributed by atoms with Crippen LogP contribution in [0.2, 0.25) is 5.02 Å². The molecule has 3 N–H and O–H groups in total. The van der Waals surface area contributed by atoms with Crippen molar-refractivity contribution < 1.29 is 9.21 Å². The molecule has 32 heavy (non-hydrogen) atoms. The van der Waals surface area contributed by atoms with Crippen molar-refractivity contribution >= 4 is 17.5 Å². The fourth-order valence-electron chi connectivity index (χ4n) is 3.33. The van der Waals surface area contributed by atoms with Gasteiger partial charge in [-0.2, -0.15) is 5.26 Å². The van der Waals surface area contributed by atoms with Gasteiger partial charge in [-0.1, -0.05) is 17.7 Å². The van der Waals surface area contributed by atoms with Gasteiger partial charge in [0.1, 0.15) is 12.7 Å². The summed E-state index contributed by atoms with van der Waals surface area (Å²) in [5.41, 5.74) is 9.15. The molecule has 0 spiro atoms. The summed E-state index contributed by atoms with van der Waals surface area (Å²) in [6.45, 7) is 2.82. The zero-order valence-corrected chi connectivity index (χ0v) is 18.5. The molecule has 3 aromatic rings. The Kier molecular flexibility index (Phi) is 7.82. The molecule has 0 saturated heterocycles. The number of hydrogen-bond acceptors (Lipinski definition) is 6. The van der Waals surface area contributed by atoms with Gasteiger partial charge in [0.15, 0.2) is 0 Å². The van der Waals surface area contributed by atoms with Gasteiger partial charge in [0.25, 0.3) is 5.56 Å². The Labute approximate surface area is 190 Å². The van der Waals surface area contributed by atoms with Crippen LogP contribution < -0.4 is 16.6 Å². The van der Waals surface area contributed by atoms with E-state index in [0.717, 1.165) is 16.7 Å². The Hall–Kier alpha value is -3.41. The Balaban J connectivity index is 1.66. The molecule has 0 bridgehead atoms. The number of rotatable bonds is 9. The molecular formula is C23H24ClN5O3. The van der Waals surface area contributed by atoms with Gasteiger partial charge in [0.2, 0.25) is 11.8 Å². The predicted molar refractivity (Wildman–Crippen MR) is 120 cm³/mol. The quantitative estimate of drug-likeness (QED) is 0.512. The third kappa shape index (κ3) is 5.84. The lowest BCUT2D eigenvalue weighted by molar-refractivity contribution is -0.120. The number of nitrogens with zero attached hydrogens (tertiary/aromatic N) is 3. The van der Waals surface area contributed by atoms with Crippen molar-refractivity contribution in [3.63, 3.8) is 0 Å². The molecule has 9 heteroatoms. The number of halogens is 1. The number of hydrogen-bond donors (Lipinski definition) is 2. The first kappa shape index (κ1) is 23.3. The summed E-state index contributed by atoms with van der Waals surface area (Å²) in [6, 6.07) is 9.16. The molecule has 0 fully saturated rings. The highest BCUT2D eigenvalue weighted by Gasteiger charge is 2.13. The molecule has 0 unspecified atom stereocenters. The van der Waals surface area contributed by atoms with Gasteiger partial charge in [-0.25, -0.2) is 4.98 Å². The van der Waals surface area contributed by atoms with Gasteiger partial charge < -0.3 is 20.0 Å². The smallest absolute Gasteiger partial charge is 0.254 e. The number of pyridine rings is 1. The molecule has 8 nitrogen and oxygen atoms in total. The van der Waals surface area contributed by atoms with Crippen LogP contribution in [0.4, 0.5) is 0 Å². The number of carbonyl (C=O) groups is 1. The molecule has 166 valence electrons. The summed E-state index contributed by atoms with van der Waals surface area (Å²) < 4.78 is 6.77. The van der Waals surface area contributed by atoms with E-state index in [1.165, 1.54) is 6.26 Å². The molecule has 1 aromatic carbocycles. The fraction of sp³-hybridized carbons (Fsp3) is 0.304. The van der Waals surface area contributed by atoms with Crippen LogP contribution in [0.15, 0.2) is 45.9 Å². The minimum Gasteiger partial charge on any atom is -0.448 e. The number of nitrogens with two attached hydrogens (primary N) is 1. The topological polar surface area (TPSA) is 127 Å². The van der Waals surface area contributed by atoms with Gasteiger partial charge >= 0.3 is 0 Å². The maximum Gasteiger partial charge on any atom is 0.254 e. The molecule has 0 aliphatic heterocycles. The van der Waals surface area contributed by atoms with Gasteiger partial charge in [0.05, 0.1) is 18.2 Å². The van der Waals surface area contributed by atoms with E-state index >= 15 is 0 Å². The lowest BCUT2D eigenvalue weighted by atomic mass is 10.1. The lowest BCUT2D eigenvalue weighted by Crippen LogP contribution is -2.31. The SMILES string of the molecule is Cc1ccn(CCc2coc(CC#N)n2)c(=O)c1CC(=O)NCc1cc(Cl)ccc1CN. The first-order valence-corrected chi connectivity index (χ1v) is 10.5. The van der Waals surface area contributed by atoms with Crippen LogP contribution in [0.25, 0.3) is 0 Å². The molecular weight excluding hydrogens is 430 g/mol. The monoisotopic (exact) mass is 453 g/mol. The van der Waals surface area contributed by atoms with Crippen molar-refractivity contribution in [1.29, 1.82) is 5.26 Å². The highest BCUT2D eigenvalue weighted by atomic mass is 35.5. The van der Waals surface area contributed by atoms with Crippen LogP contribution in [0.3, 0.4) is 0 Å². The van der Waals surface area contributed by atoms with E-state index in [9.17, 15) is 9.59 Å². The van der Waals surface area contributed by atoms with E-state index in [1.54, 1.807) is 22.9 Å². The number of benzene rings is 1. The predicted octanol–water partition coefficient (Wildman–Crippen LogP) is 2.42. The highest BCUT2D eigenvalue weighted by Crippen LogP contribution is 2.16. The zero-order valence-electron chi connectivity index (χ0n) is 17.7. The van der Waals surface area contributed by atoms with E-state index in [2.05, 4.69) is 10.3 Å². The minimum atomic E-state index is -0.261. The van der Waals surface area contributed by atoms with E-state index in [-0.39, 0.29) is 30.9 Å². The molecule has 0 aliphatic rings. The summed E-state index contributed by atoms with van der Waals surface area (Å²) in [4.78, 5) is 29.7. The van der Waals surface area contributed by atoms with Crippen molar-refractivity contribution in [1.82, 2.24) is 14.9 Å². The van der Waals surface area contributed by atoms with E-state index in [4.69, 9.17) is 27.0 Å². The maximum absolute atomic E-state index is 12.9. The zero-order chi connectivity index (χ0) is 23.1. The largest absolute Gasteiger partial charge is 0.448 e. The third-order valence-corrected chi connectivity index (χ3v) is 5.37. The lowest BCUT2D eigenvalue weighted by Gasteiger charge is -2.12. The average Bonchev–Trinajstić information content (AvgIpc) is 3.22. The minimum absolute atomic E-state index is 0.0275. The van der Waals surface area contributed by atoms with E-state index in [0.29, 0.717) is 41.7 Å². The first-order valence-electron chi connectivity index (χ1n) is 10.1. The number of oxazole rings is 1. The Morgan fingerprint density at radius 1 is 1.34 bits per heavy atom. The summed E-state index contributed by atoms with van der Waals surface area (Å²) in [7, 11) is 0. The van der Waals surface area contributed by atoms with Crippen LogP contribution in [0, 0.1) is 18.3 Å². The molecule has 0 atom stereocenters. The second kappa shape index (κ2) is 10.8. The molecule has 2 aromatic heterocycles. The first-order chi connectivity index (χ1) is 15.4. The van der Waals surface area contributed by atoms with Crippen molar-refractivity contribution in [3.8, 4) is 6.07 Å². The number of amides is 1. The molecule has 3 rings (SSSR count). The summed E-state index contributed by atoms with van der Waals surface area (Å²) >= 11 is 6.05. The summed E-state index contributed by atoms with van der Waals surface area (Å²) in [5, 5.41) is 12.1. The van der Waals surface area contributed by atoms with Gasteiger partial charge in [0, 0.05) is 42.8 Å². The van der Waals surface area contributed by atoms with Crippen molar-refractivity contribution in [2.75, 3.05) is 0 Å². The van der Waals surface area contributed by atoms with Crippen LogP contribution in [-0.4, -0.2) is 15.5 Å². The van der Waals surface area contributed by atoms with Crippen molar-refractivity contribution in [2.24, 2.45) is 5.73 Å². The Morgan fingerprint density at radius 3 is 2.91 bits per heavy atom. The van der Waals surface area contributed by atoms with Gasteiger partial charge in [-0.05, 0) is 41.8 Å². The highest BCUT2D eigenvalue weighted by molar-refractivity contribution is 6.30. The molecule has 0 aliphatic carbocycles. The van der Waals surface area contributed by atoms with Crippen LogP contribution >= 0.6 is 11.6 Å². The number of aromatic nitrogens is 2. The third-order valence-electron chi connectivity index (χ3n) is 5.14.